The quantitative estimate of drug-likeness (QED) is 0.188. The zero-order valence-electron chi connectivity index (χ0n) is 28.1. The third-order valence-electron chi connectivity index (χ3n) is 10.5. The van der Waals surface area contributed by atoms with E-state index in [1.165, 1.54) is 48.9 Å². The lowest BCUT2D eigenvalue weighted by Crippen LogP contribution is -2.03. The van der Waals surface area contributed by atoms with Crippen molar-refractivity contribution in [2.24, 2.45) is 0 Å². The van der Waals surface area contributed by atoms with Gasteiger partial charge in [-0.25, -0.2) is 9.97 Å². The molecule has 11 rings (SSSR count). The fraction of sp³-hybridized carbons (Fsp3) is 0. The van der Waals surface area contributed by atoms with Crippen molar-refractivity contribution >= 4 is 65.3 Å². The van der Waals surface area contributed by atoms with Crippen molar-refractivity contribution in [2.75, 3.05) is 0 Å². The standard InChI is InChI=1S/C48H30N4/c1-3-14-31(15-4-1)33-17-13-18-34(30-33)46-37-22-9-11-24-40(37)49-48(50-46)52-41-25-12-10-23-38(41)44-43(52)29-28-42-45(44)39-27-26-32-16-7-8-21-36(32)47(39)51(42)35-19-5-2-6-20-35/h1-30H. The van der Waals surface area contributed by atoms with E-state index in [1.54, 1.807) is 0 Å². The van der Waals surface area contributed by atoms with Crippen LogP contribution in [0.1, 0.15) is 0 Å². The minimum atomic E-state index is 0.654. The molecule has 0 aliphatic carbocycles. The molecular formula is C48H30N4. The monoisotopic (exact) mass is 662 g/mol. The predicted octanol–water partition coefficient (Wildman–Crippen LogP) is 12.3. The number of fused-ring (bicyclic) bond motifs is 10. The van der Waals surface area contributed by atoms with Gasteiger partial charge in [-0.3, -0.25) is 4.57 Å². The Hall–Kier alpha value is -7.04. The predicted molar refractivity (Wildman–Crippen MR) is 217 cm³/mol. The Bertz CT molecular complexity index is 3170. The molecule has 4 heteroatoms. The highest BCUT2D eigenvalue weighted by atomic mass is 15.2. The normalized spacial score (nSPS) is 11.8. The molecule has 4 nitrogen and oxygen atoms in total. The molecule has 0 unspecified atom stereocenters. The third-order valence-corrected chi connectivity index (χ3v) is 10.5. The highest BCUT2D eigenvalue weighted by molar-refractivity contribution is 6.31. The molecular weight excluding hydrogens is 633 g/mol. The first-order valence-electron chi connectivity index (χ1n) is 17.7. The Kier molecular flexibility index (Phi) is 6.22. The highest BCUT2D eigenvalue weighted by Crippen LogP contribution is 2.44. The van der Waals surface area contributed by atoms with Gasteiger partial charge in [0.05, 0.1) is 33.3 Å². The molecule has 11 aromatic rings. The van der Waals surface area contributed by atoms with Crippen LogP contribution in [0, 0.1) is 0 Å². The van der Waals surface area contributed by atoms with Gasteiger partial charge >= 0.3 is 0 Å². The van der Waals surface area contributed by atoms with Crippen molar-refractivity contribution in [3.63, 3.8) is 0 Å². The SMILES string of the molecule is c1ccc(-c2cccc(-c3nc(-n4c5ccccc5c5c6c7ccc8ccccc8c7n(-c7ccccc7)c6ccc54)nc4ccccc34)c2)cc1. The minimum Gasteiger partial charge on any atom is -0.309 e. The summed E-state index contributed by atoms with van der Waals surface area (Å²) in [4.78, 5) is 10.7. The maximum absolute atomic E-state index is 5.43. The van der Waals surface area contributed by atoms with Crippen LogP contribution < -0.4 is 0 Å². The lowest BCUT2D eigenvalue weighted by molar-refractivity contribution is 1.01. The van der Waals surface area contributed by atoms with Crippen molar-refractivity contribution in [2.45, 2.75) is 0 Å². The molecule has 242 valence electrons. The van der Waals surface area contributed by atoms with E-state index >= 15 is 0 Å². The largest absolute Gasteiger partial charge is 0.309 e. The number of benzene rings is 8. The number of para-hydroxylation sites is 3. The second-order valence-corrected chi connectivity index (χ2v) is 13.4. The van der Waals surface area contributed by atoms with Crippen molar-refractivity contribution < 1.29 is 0 Å². The average molecular weight is 663 g/mol. The maximum atomic E-state index is 5.43. The number of rotatable bonds is 4. The first-order valence-corrected chi connectivity index (χ1v) is 17.7. The van der Waals surface area contributed by atoms with Gasteiger partial charge in [0.1, 0.15) is 0 Å². The van der Waals surface area contributed by atoms with E-state index in [4.69, 9.17) is 9.97 Å². The van der Waals surface area contributed by atoms with E-state index in [0.717, 1.165) is 44.4 Å². The van der Waals surface area contributed by atoms with E-state index in [9.17, 15) is 0 Å². The molecule has 8 aromatic carbocycles. The summed E-state index contributed by atoms with van der Waals surface area (Å²) in [5.74, 6) is 0.654. The number of hydrogen-bond acceptors (Lipinski definition) is 2. The summed E-state index contributed by atoms with van der Waals surface area (Å²) in [5.41, 5.74) is 10.9. The van der Waals surface area contributed by atoms with E-state index in [1.807, 2.05) is 0 Å². The van der Waals surface area contributed by atoms with Crippen LogP contribution in [0.25, 0.3) is 99.3 Å². The van der Waals surface area contributed by atoms with Crippen LogP contribution in [-0.2, 0) is 0 Å². The lowest BCUT2D eigenvalue weighted by Gasteiger charge is -2.13. The smallest absolute Gasteiger partial charge is 0.235 e. The number of hydrogen-bond donors (Lipinski definition) is 0. The van der Waals surface area contributed by atoms with Crippen molar-refractivity contribution in [3.05, 3.63) is 182 Å². The second kappa shape index (κ2) is 11.2. The zero-order chi connectivity index (χ0) is 34.2. The summed E-state index contributed by atoms with van der Waals surface area (Å²) in [6, 6.07) is 64.7. The molecule has 0 fully saturated rings. The van der Waals surface area contributed by atoms with E-state index in [2.05, 4.69) is 191 Å². The summed E-state index contributed by atoms with van der Waals surface area (Å²) in [7, 11) is 0. The Morgan fingerprint density at radius 2 is 1.00 bits per heavy atom. The highest BCUT2D eigenvalue weighted by Gasteiger charge is 2.23. The molecule has 0 N–H and O–H groups in total. The first-order chi connectivity index (χ1) is 25.8. The van der Waals surface area contributed by atoms with E-state index in [-0.39, 0.29) is 0 Å². The van der Waals surface area contributed by atoms with Crippen molar-refractivity contribution in [1.82, 2.24) is 19.1 Å². The van der Waals surface area contributed by atoms with Crippen molar-refractivity contribution in [3.8, 4) is 34.0 Å². The average Bonchev–Trinajstić information content (AvgIpc) is 3.74. The van der Waals surface area contributed by atoms with Gasteiger partial charge in [-0.15, -0.1) is 0 Å². The van der Waals surface area contributed by atoms with Gasteiger partial charge in [0.25, 0.3) is 0 Å². The van der Waals surface area contributed by atoms with Crippen LogP contribution in [0.4, 0.5) is 0 Å². The van der Waals surface area contributed by atoms with Crippen LogP contribution in [0.15, 0.2) is 182 Å². The molecule has 3 aromatic heterocycles. The Morgan fingerprint density at radius 3 is 1.85 bits per heavy atom. The van der Waals surface area contributed by atoms with Gasteiger partial charge in [-0.1, -0.05) is 140 Å². The molecule has 0 saturated heterocycles. The first kappa shape index (κ1) is 28.8. The summed E-state index contributed by atoms with van der Waals surface area (Å²) in [6.07, 6.45) is 0. The minimum absolute atomic E-state index is 0.654. The summed E-state index contributed by atoms with van der Waals surface area (Å²) >= 11 is 0. The fourth-order valence-corrected chi connectivity index (χ4v) is 8.25. The van der Waals surface area contributed by atoms with E-state index < -0.39 is 0 Å². The molecule has 0 radical (unpaired) electrons. The molecule has 0 bridgehead atoms. The van der Waals surface area contributed by atoms with Crippen LogP contribution in [-0.4, -0.2) is 19.1 Å². The fourth-order valence-electron chi connectivity index (χ4n) is 8.25. The maximum Gasteiger partial charge on any atom is 0.235 e. The van der Waals surface area contributed by atoms with Crippen molar-refractivity contribution in [1.29, 1.82) is 0 Å². The molecule has 0 aliphatic heterocycles. The molecule has 0 spiro atoms. The van der Waals surface area contributed by atoms with Crippen LogP contribution in [0.2, 0.25) is 0 Å². The lowest BCUT2D eigenvalue weighted by atomic mass is 10.00. The van der Waals surface area contributed by atoms with Gasteiger partial charge in [-0.05, 0) is 59.0 Å². The molecule has 0 amide bonds. The molecule has 52 heavy (non-hydrogen) atoms. The molecule has 0 aliphatic rings. The Morgan fingerprint density at radius 1 is 0.365 bits per heavy atom. The van der Waals surface area contributed by atoms with Crippen LogP contribution >= 0.6 is 0 Å². The van der Waals surface area contributed by atoms with Crippen LogP contribution in [0.3, 0.4) is 0 Å². The van der Waals surface area contributed by atoms with Gasteiger partial charge < -0.3 is 4.57 Å². The molecule has 0 saturated carbocycles. The van der Waals surface area contributed by atoms with Gasteiger partial charge in [0.15, 0.2) is 0 Å². The van der Waals surface area contributed by atoms with Gasteiger partial charge in [-0.2, -0.15) is 0 Å². The number of nitrogens with zero attached hydrogens (tertiary/aromatic N) is 4. The zero-order valence-corrected chi connectivity index (χ0v) is 28.1. The Balaban J connectivity index is 1.25. The van der Waals surface area contributed by atoms with E-state index in [0.29, 0.717) is 5.95 Å². The Labute approximate surface area is 299 Å². The summed E-state index contributed by atoms with van der Waals surface area (Å²) in [6.45, 7) is 0. The number of aromatic nitrogens is 4. The second-order valence-electron chi connectivity index (χ2n) is 13.4. The molecule has 0 atom stereocenters. The molecule has 3 heterocycles. The third kappa shape index (κ3) is 4.21. The van der Waals surface area contributed by atoms with Gasteiger partial charge in [0.2, 0.25) is 5.95 Å². The topological polar surface area (TPSA) is 35.6 Å². The van der Waals surface area contributed by atoms with Crippen LogP contribution in [0.5, 0.6) is 0 Å². The van der Waals surface area contributed by atoms with Gasteiger partial charge in [0, 0.05) is 43.6 Å². The summed E-state index contributed by atoms with van der Waals surface area (Å²) < 4.78 is 4.69. The summed E-state index contributed by atoms with van der Waals surface area (Å²) in [5, 5.41) is 8.31.